The van der Waals surface area contributed by atoms with Gasteiger partial charge >= 0.3 is 12.2 Å². The van der Waals surface area contributed by atoms with Crippen LogP contribution in [0.5, 0.6) is 5.75 Å². The average Bonchev–Trinajstić information content (AvgIpc) is 2.18. The van der Waals surface area contributed by atoms with Crippen molar-refractivity contribution in [3.8, 4) is 5.75 Å². The third-order valence-corrected chi connectivity index (χ3v) is 1.95. The molecule has 0 unspecified atom stereocenters. The van der Waals surface area contributed by atoms with Gasteiger partial charge in [-0.15, -0.1) is 13.2 Å². The Balaban J connectivity index is 3.25. The fourth-order valence-corrected chi connectivity index (χ4v) is 1.19. The van der Waals surface area contributed by atoms with Crippen molar-refractivity contribution in [2.45, 2.75) is 19.9 Å². The summed E-state index contributed by atoms with van der Waals surface area (Å²) in [5.74, 6) is -1.37. The van der Waals surface area contributed by atoms with E-state index in [4.69, 9.17) is 5.11 Å². The van der Waals surface area contributed by atoms with Gasteiger partial charge in [-0.05, 0) is 16.8 Å². The third kappa shape index (κ3) is 3.03. The molecule has 6 nitrogen and oxygen atoms in total. The summed E-state index contributed by atoms with van der Waals surface area (Å²) in [5.41, 5.74) is -0.483. The maximum atomic E-state index is 12.0. The number of aliphatic hydroxyl groups excluding tert-OH is 1. The van der Waals surface area contributed by atoms with Crippen LogP contribution in [0.15, 0.2) is 6.20 Å². The van der Waals surface area contributed by atoms with E-state index < -0.39 is 29.5 Å². The molecule has 0 atom stereocenters. The van der Waals surface area contributed by atoms with Crippen LogP contribution in [0.4, 0.5) is 19.0 Å². The maximum Gasteiger partial charge on any atom is 0.573 e. The van der Waals surface area contributed by atoms with E-state index in [1.54, 1.807) is 0 Å². The minimum atomic E-state index is -4.92. The second-order valence-corrected chi connectivity index (χ2v) is 3.01. The van der Waals surface area contributed by atoms with E-state index in [0.29, 0.717) is 6.20 Å². The van der Waals surface area contributed by atoms with Gasteiger partial charge in [-0.1, -0.05) is 0 Å². The zero-order valence-electron chi connectivity index (χ0n) is 8.48. The van der Waals surface area contributed by atoms with E-state index in [1.165, 1.54) is 6.92 Å². The molecule has 0 spiro atoms. The quantitative estimate of drug-likeness (QED) is 0.653. The molecule has 1 heterocycles. The van der Waals surface area contributed by atoms with Gasteiger partial charge in [0, 0.05) is 5.56 Å². The number of pyridine rings is 1. The predicted octanol–water partition coefficient (Wildman–Crippen LogP) is 1.69. The van der Waals surface area contributed by atoms with E-state index in [2.05, 4.69) is 9.72 Å². The zero-order chi connectivity index (χ0) is 13.2. The highest BCUT2D eigenvalue weighted by Crippen LogP contribution is 2.31. The van der Waals surface area contributed by atoms with Crippen LogP contribution in [0.2, 0.25) is 0 Å². The smallest absolute Gasteiger partial charge is 0.401 e. The molecular formula is C8H7F3N2O4. The second kappa shape index (κ2) is 4.53. The van der Waals surface area contributed by atoms with Gasteiger partial charge in [-0.3, -0.25) is 0 Å². The fraction of sp³-hybridized carbons (Fsp3) is 0.375. The molecular weight excluding hydrogens is 245 g/mol. The molecule has 1 aromatic rings. The van der Waals surface area contributed by atoms with Gasteiger partial charge in [0.25, 0.3) is 0 Å². The highest BCUT2D eigenvalue weighted by atomic mass is 19.4. The van der Waals surface area contributed by atoms with Gasteiger partial charge in [-0.2, -0.15) is 0 Å². The normalized spacial score (nSPS) is 11.4. The summed E-state index contributed by atoms with van der Waals surface area (Å²) in [6.07, 6.45) is -4.32. The number of alkyl halides is 3. The summed E-state index contributed by atoms with van der Waals surface area (Å²) in [4.78, 5) is 12.8. The molecule has 0 saturated heterocycles. The molecule has 1 rings (SSSR count). The Morgan fingerprint density at radius 1 is 1.59 bits per heavy atom. The van der Waals surface area contributed by atoms with Crippen molar-refractivity contribution < 1.29 is 27.9 Å². The summed E-state index contributed by atoms with van der Waals surface area (Å²) in [6, 6.07) is 0. The first-order chi connectivity index (χ1) is 7.76. The molecule has 0 bridgehead atoms. The minimum absolute atomic E-state index is 0.175. The van der Waals surface area contributed by atoms with E-state index in [0.717, 1.165) is 0 Å². The summed E-state index contributed by atoms with van der Waals surface area (Å²) in [6.45, 7) is 0.367. The van der Waals surface area contributed by atoms with E-state index in [1.807, 2.05) is 0 Å². The maximum absolute atomic E-state index is 12.0. The van der Waals surface area contributed by atoms with Crippen LogP contribution in [-0.4, -0.2) is 21.4 Å². The van der Waals surface area contributed by atoms with Gasteiger partial charge in [-0.25, -0.2) is 0 Å². The highest BCUT2D eigenvalue weighted by Gasteiger charge is 2.34. The van der Waals surface area contributed by atoms with Gasteiger partial charge in [0.1, 0.15) is 0 Å². The number of aliphatic hydroxyl groups is 1. The summed E-state index contributed by atoms with van der Waals surface area (Å²) >= 11 is 0. The Bertz CT molecular complexity index is 447. The number of hydrogen-bond donors (Lipinski definition) is 1. The van der Waals surface area contributed by atoms with Crippen LogP contribution < -0.4 is 4.74 Å². The van der Waals surface area contributed by atoms with E-state index in [-0.39, 0.29) is 11.1 Å². The van der Waals surface area contributed by atoms with Crippen molar-refractivity contribution in [3.05, 3.63) is 27.4 Å². The number of hydrogen-bond acceptors (Lipinski definition) is 5. The number of ether oxygens (including phenoxy) is 1. The van der Waals surface area contributed by atoms with Crippen LogP contribution in [0.25, 0.3) is 0 Å². The number of nitrogens with zero attached hydrogens (tertiary/aromatic N) is 2. The highest BCUT2D eigenvalue weighted by molar-refractivity contribution is 5.45. The molecule has 0 fully saturated rings. The Morgan fingerprint density at radius 2 is 2.18 bits per heavy atom. The molecule has 0 aromatic carbocycles. The predicted molar refractivity (Wildman–Crippen MR) is 48.2 cm³/mol. The number of halogens is 3. The average molecular weight is 252 g/mol. The largest absolute Gasteiger partial charge is 0.573 e. The summed E-state index contributed by atoms with van der Waals surface area (Å²) in [5, 5.41) is 19.4. The molecule has 0 aliphatic carbocycles. The SMILES string of the molecule is Cc1c(OC(F)(F)F)cnc([N+](=O)[O-])c1CO. The molecule has 0 aliphatic rings. The first-order valence-electron chi connectivity index (χ1n) is 4.25. The Morgan fingerprint density at radius 3 is 2.59 bits per heavy atom. The van der Waals surface area contributed by atoms with Crippen molar-refractivity contribution >= 4 is 5.82 Å². The van der Waals surface area contributed by atoms with Crippen LogP contribution in [0.1, 0.15) is 11.1 Å². The third-order valence-electron chi connectivity index (χ3n) is 1.95. The van der Waals surface area contributed by atoms with Crippen molar-refractivity contribution in [1.29, 1.82) is 0 Å². The molecule has 1 N–H and O–H groups in total. The molecule has 1 aromatic heterocycles. The fourth-order valence-electron chi connectivity index (χ4n) is 1.19. The van der Waals surface area contributed by atoms with Gasteiger partial charge in [0.15, 0.2) is 11.9 Å². The van der Waals surface area contributed by atoms with Crippen LogP contribution in [-0.2, 0) is 6.61 Å². The standard InChI is InChI=1S/C8H7F3N2O4/c1-4-5(3-14)7(13(15)16)12-2-6(4)17-8(9,10)11/h2,14H,3H2,1H3. The molecule has 94 valence electrons. The molecule has 0 aliphatic heterocycles. The van der Waals surface area contributed by atoms with Gasteiger partial charge < -0.3 is 20.0 Å². The minimum Gasteiger partial charge on any atom is -0.401 e. The molecule has 17 heavy (non-hydrogen) atoms. The van der Waals surface area contributed by atoms with Crippen molar-refractivity contribution in [1.82, 2.24) is 4.98 Å². The molecule has 9 heteroatoms. The molecule has 0 saturated carbocycles. The van der Waals surface area contributed by atoms with Gasteiger partial charge in [0.05, 0.1) is 12.2 Å². The summed E-state index contributed by atoms with van der Waals surface area (Å²) in [7, 11) is 0. The number of nitro groups is 1. The van der Waals surface area contributed by atoms with Crippen molar-refractivity contribution in [2.75, 3.05) is 0 Å². The van der Waals surface area contributed by atoms with E-state index in [9.17, 15) is 23.3 Å². The van der Waals surface area contributed by atoms with Gasteiger partial charge in [0.2, 0.25) is 0 Å². The first kappa shape index (κ1) is 13.2. The van der Waals surface area contributed by atoms with E-state index >= 15 is 0 Å². The zero-order valence-corrected chi connectivity index (χ0v) is 8.48. The Hall–Kier alpha value is -1.90. The number of aromatic nitrogens is 1. The van der Waals surface area contributed by atoms with Crippen LogP contribution in [0, 0.1) is 17.0 Å². The monoisotopic (exact) mass is 252 g/mol. The Labute approximate surface area is 92.8 Å². The van der Waals surface area contributed by atoms with Crippen molar-refractivity contribution in [2.24, 2.45) is 0 Å². The topological polar surface area (TPSA) is 85.5 Å². The van der Waals surface area contributed by atoms with Crippen LogP contribution in [0.3, 0.4) is 0 Å². The lowest BCUT2D eigenvalue weighted by atomic mass is 10.1. The lowest BCUT2D eigenvalue weighted by Gasteiger charge is -2.11. The first-order valence-corrected chi connectivity index (χ1v) is 4.25. The molecule has 0 amide bonds. The lowest BCUT2D eigenvalue weighted by molar-refractivity contribution is -0.390. The van der Waals surface area contributed by atoms with Crippen LogP contribution >= 0.6 is 0 Å². The summed E-state index contributed by atoms with van der Waals surface area (Å²) < 4.78 is 39.5. The number of rotatable bonds is 3. The second-order valence-electron chi connectivity index (χ2n) is 3.01. The lowest BCUT2D eigenvalue weighted by Crippen LogP contribution is -2.18. The van der Waals surface area contributed by atoms with Crippen molar-refractivity contribution in [3.63, 3.8) is 0 Å². The Kier molecular flexibility index (Phi) is 3.51. The molecule has 0 radical (unpaired) electrons.